The number of methoxy groups -OCH3 is 1. The van der Waals surface area contributed by atoms with E-state index in [-0.39, 0.29) is 22.1 Å². The lowest BCUT2D eigenvalue weighted by Gasteiger charge is -2.09. The third kappa shape index (κ3) is 3.86. The molecule has 0 atom stereocenters. The molecule has 0 radical (unpaired) electrons. The second-order valence-electron chi connectivity index (χ2n) is 5.70. The first-order valence-electron chi connectivity index (χ1n) is 8.01. The Balaban J connectivity index is 1.94. The van der Waals surface area contributed by atoms with Crippen molar-refractivity contribution < 1.29 is 14.6 Å². The molecule has 0 heterocycles. The van der Waals surface area contributed by atoms with Crippen molar-refractivity contribution >= 4 is 40.0 Å². The normalized spacial score (nSPS) is 11.1. The molecule has 0 fully saturated rings. The average molecular weight is 379 g/mol. The second kappa shape index (κ2) is 7.81. The molecule has 0 saturated carbocycles. The number of anilines is 1. The van der Waals surface area contributed by atoms with Crippen molar-refractivity contribution in [3.63, 3.8) is 0 Å². The van der Waals surface area contributed by atoms with Crippen molar-refractivity contribution in [2.45, 2.75) is 0 Å². The summed E-state index contributed by atoms with van der Waals surface area (Å²) in [6, 6.07) is 18.0. The molecular weight excluding hydrogens is 364 g/mol. The van der Waals surface area contributed by atoms with Gasteiger partial charge in [0.15, 0.2) is 11.5 Å². The van der Waals surface area contributed by atoms with Crippen LogP contribution >= 0.6 is 11.6 Å². The van der Waals surface area contributed by atoms with Crippen LogP contribution in [-0.2, 0) is 4.79 Å². The quantitative estimate of drug-likeness (QED) is 0.506. The highest BCUT2D eigenvalue weighted by atomic mass is 35.5. The maximum absolute atomic E-state index is 12.6. The van der Waals surface area contributed by atoms with E-state index in [1.54, 1.807) is 6.07 Å². The van der Waals surface area contributed by atoms with Crippen molar-refractivity contribution in [3.8, 4) is 17.6 Å². The van der Waals surface area contributed by atoms with Gasteiger partial charge in [-0.05, 0) is 35.2 Å². The fourth-order valence-electron chi connectivity index (χ4n) is 2.67. The van der Waals surface area contributed by atoms with Gasteiger partial charge in [0, 0.05) is 11.1 Å². The highest BCUT2D eigenvalue weighted by Crippen LogP contribution is 2.35. The average Bonchev–Trinajstić information content (AvgIpc) is 2.68. The van der Waals surface area contributed by atoms with Gasteiger partial charge in [-0.3, -0.25) is 4.79 Å². The lowest BCUT2D eigenvalue weighted by Crippen LogP contribution is -2.13. The predicted octanol–water partition coefficient (Wildman–Crippen LogP) is 4.75. The summed E-state index contributed by atoms with van der Waals surface area (Å²) in [6.07, 6.45) is 1.38. The van der Waals surface area contributed by atoms with Crippen LogP contribution in [0.1, 0.15) is 5.56 Å². The zero-order valence-electron chi connectivity index (χ0n) is 14.4. The maximum Gasteiger partial charge on any atom is 0.266 e. The van der Waals surface area contributed by atoms with Crippen molar-refractivity contribution in [2.24, 2.45) is 0 Å². The number of nitrogens with zero attached hydrogens (tertiary/aromatic N) is 1. The Morgan fingerprint density at radius 2 is 1.96 bits per heavy atom. The number of carbonyl (C=O) groups excluding carboxylic acids is 1. The zero-order chi connectivity index (χ0) is 19.4. The Kier molecular flexibility index (Phi) is 5.30. The van der Waals surface area contributed by atoms with Crippen LogP contribution in [0, 0.1) is 11.3 Å². The van der Waals surface area contributed by atoms with Gasteiger partial charge >= 0.3 is 0 Å². The van der Waals surface area contributed by atoms with Gasteiger partial charge < -0.3 is 15.2 Å². The van der Waals surface area contributed by atoms with E-state index in [4.69, 9.17) is 16.3 Å². The summed E-state index contributed by atoms with van der Waals surface area (Å²) in [5.41, 5.74) is 0.964. The third-order valence-corrected chi connectivity index (χ3v) is 4.27. The highest BCUT2D eigenvalue weighted by molar-refractivity contribution is 6.32. The fraction of sp³-hybridized carbons (Fsp3) is 0.0476. The van der Waals surface area contributed by atoms with Crippen molar-refractivity contribution in [1.82, 2.24) is 0 Å². The fourth-order valence-corrected chi connectivity index (χ4v) is 2.89. The predicted molar refractivity (Wildman–Crippen MR) is 106 cm³/mol. The van der Waals surface area contributed by atoms with Crippen molar-refractivity contribution in [2.75, 3.05) is 12.4 Å². The molecule has 27 heavy (non-hydrogen) atoms. The van der Waals surface area contributed by atoms with Crippen LogP contribution in [0.3, 0.4) is 0 Å². The number of nitriles is 1. The molecule has 0 bridgehead atoms. The number of phenols is 1. The van der Waals surface area contributed by atoms with Crippen LogP contribution < -0.4 is 10.1 Å². The topological polar surface area (TPSA) is 82.3 Å². The summed E-state index contributed by atoms with van der Waals surface area (Å²) in [7, 11) is 1.39. The summed E-state index contributed by atoms with van der Waals surface area (Å²) in [5.74, 6) is -0.590. The Morgan fingerprint density at radius 1 is 1.22 bits per heavy atom. The summed E-state index contributed by atoms with van der Waals surface area (Å²) in [5, 5.41) is 23.9. The van der Waals surface area contributed by atoms with Crippen LogP contribution in [0.5, 0.6) is 11.5 Å². The molecule has 0 aliphatic carbocycles. The molecule has 0 unspecified atom stereocenters. The van der Waals surface area contributed by atoms with E-state index in [1.165, 1.54) is 25.3 Å². The van der Waals surface area contributed by atoms with Crippen LogP contribution in [0.15, 0.2) is 60.2 Å². The number of nitrogens with one attached hydrogen (secondary N) is 1. The van der Waals surface area contributed by atoms with E-state index < -0.39 is 5.91 Å². The first kappa shape index (κ1) is 18.3. The molecule has 0 spiro atoms. The monoisotopic (exact) mass is 378 g/mol. The molecule has 5 nitrogen and oxygen atoms in total. The van der Waals surface area contributed by atoms with Gasteiger partial charge in [-0.25, -0.2) is 0 Å². The Morgan fingerprint density at radius 3 is 2.70 bits per heavy atom. The lowest BCUT2D eigenvalue weighted by molar-refractivity contribution is -0.112. The zero-order valence-corrected chi connectivity index (χ0v) is 15.1. The summed E-state index contributed by atoms with van der Waals surface area (Å²) < 4.78 is 5.04. The van der Waals surface area contributed by atoms with E-state index in [0.29, 0.717) is 11.3 Å². The van der Waals surface area contributed by atoms with Gasteiger partial charge in [0.2, 0.25) is 0 Å². The van der Waals surface area contributed by atoms with Gasteiger partial charge in [-0.2, -0.15) is 5.26 Å². The Bertz CT molecular complexity index is 1100. The number of aromatic hydroxyl groups is 1. The number of fused-ring (bicyclic) bond motifs is 1. The number of halogens is 1. The summed E-state index contributed by atoms with van der Waals surface area (Å²) in [4.78, 5) is 12.6. The number of amides is 1. The molecule has 6 heteroatoms. The minimum Gasteiger partial charge on any atom is -0.503 e. The number of phenolic OH excluding ortho intramolecular Hbond substituents is 1. The van der Waals surface area contributed by atoms with E-state index >= 15 is 0 Å². The number of hydrogen-bond donors (Lipinski definition) is 2. The SMILES string of the molecule is COc1cc(/C=C(\C#N)C(=O)Nc2cccc3ccccc23)cc(Cl)c1O. The van der Waals surface area contributed by atoms with Crippen molar-refractivity contribution in [3.05, 3.63) is 70.8 Å². The van der Waals surface area contributed by atoms with Gasteiger partial charge in [0.1, 0.15) is 11.6 Å². The molecule has 3 aromatic carbocycles. The van der Waals surface area contributed by atoms with Crippen LogP contribution in [0.4, 0.5) is 5.69 Å². The van der Waals surface area contributed by atoms with Gasteiger partial charge in [-0.15, -0.1) is 0 Å². The molecule has 2 N–H and O–H groups in total. The first-order valence-corrected chi connectivity index (χ1v) is 8.38. The van der Waals surface area contributed by atoms with E-state index in [9.17, 15) is 15.2 Å². The van der Waals surface area contributed by atoms with Crippen molar-refractivity contribution in [1.29, 1.82) is 5.26 Å². The molecular formula is C21H15ClN2O3. The third-order valence-electron chi connectivity index (χ3n) is 3.98. The highest BCUT2D eigenvalue weighted by Gasteiger charge is 2.13. The molecule has 0 aliphatic heterocycles. The lowest BCUT2D eigenvalue weighted by atomic mass is 10.1. The van der Waals surface area contributed by atoms with E-state index in [1.807, 2.05) is 42.5 Å². The number of rotatable bonds is 4. The Labute approximate surface area is 161 Å². The molecule has 0 saturated heterocycles. The first-order chi connectivity index (χ1) is 13.0. The standard InChI is InChI=1S/C21H15ClN2O3/c1-27-19-11-13(10-17(22)20(19)25)9-15(12-23)21(26)24-18-8-4-6-14-5-2-3-7-16(14)18/h2-11,25H,1H3,(H,24,26)/b15-9+. The molecule has 1 amide bonds. The number of carbonyl (C=O) groups is 1. The Hall–Kier alpha value is -3.49. The summed E-state index contributed by atoms with van der Waals surface area (Å²) in [6.45, 7) is 0. The van der Waals surface area contributed by atoms with Gasteiger partial charge in [0.05, 0.1) is 12.1 Å². The number of ether oxygens (including phenoxy) is 1. The van der Waals surface area contributed by atoms with E-state index in [0.717, 1.165) is 10.8 Å². The van der Waals surface area contributed by atoms with Crippen LogP contribution in [-0.4, -0.2) is 18.1 Å². The largest absolute Gasteiger partial charge is 0.503 e. The van der Waals surface area contributed by atoms with Crippen LogP contribution in [0.2, 0.25) is 5.02 Å². The van der Waals surface area contributed by atoms with Gasteiger partial charge in [-0.1, -0.05) is 48.0 Å². The number of benzene rings is 3. The molecule has 134 valence electrons. The molecule has 3 aromatic rings. The van der Waals surface area contributed by atoms with E-state index in [2.05, 4.69) is 5.32 Å². The minimum atomic E-state index is -0.544. The molecule has 3 rings (SSSR count). The summed E-state index contributed by atoms with van der Waals surface area (Å²) >= 11 is 5.96. The second-order valence-corrected chi connectivity index (χ2v) is 6.11. The molecule has 0 aromatic heterocycles. The number of hydrogen-bond acceptors (Lipinski definition) is 4. The smallest absolute Gasteiger partial charge is 0.266 e. The van der Waals surface area contributed by atoms with Gasteiger partial charge in [0.25, 0.3) is 5.91 Å². The molecule has 0 aliphatic rings. The minimum absolute atomic E-state index is 0.0624. The van der Waals surface area contributed by atoms with Crippen LogP contribution in [0.25, 0.3) is 16.8 Å². The maximum atomic E-state index is 12.6.